The van der Waals surface area contributed by atoms with Crippen molar-refractivity contribution in [2.24, 2.45) is 0 Å². The van der Waals surface area contributed by atoms with E-state index in [1.165, 1.54) is 38.9 Å². The van der Waals surface area contributed by atoms with Crippen LogP contribution in [0.1, 0.15) is 11.1 Å². The van der Waals surface area contributed by atoms with Gasteiger partial charge in [0.1, 0.15) is 11.2 Å². The minimum absolute atomic E-state index is 0.937. The van der Waals surface area contributed by atoms with Crippen molar-refractivity contribution in [1.29, 1.82) is 0 Å². The van der Waals surface area contributed by atoms with Crippen molar-refractivity contribution in [3.05, 3.63) is 145 Å². The molecule has 178 valence electrons. The molecular formula is C37H24O. The standard InChI is InChI=1S/C37H24O/c1-2-9-24(10-3-1)25-12-6-13-27(21-25)31-15-7-17-33-34-18-8-16-32(37(34)38-36(31)33)29-20-19-28-22-26-11-4-5-14-30(26)35(28)23-29/h1-21,23H,22H2. The molecule has 0 aliphatic heterocycles. The molecule has 0 amide bonds. The lowest BCUT2D eigenvalue weighted by molar-refractivity contribution is 0.671. The molecule has 38 heavy (non-hydrogen) atoms. The highest BCUT2D eigenvalue weighted by Gasteiger charge is 2.20. The van der Waals surface area contributed by atoms with Crippen molar-refractivity contribution < 1.29 is 4.42 Å². The van der Waals surface area contributed by atoms with Gasteiger partial charge < -0.3 is 4.42 Å². The summed E-state index contributed by atoms with van der Waals surface area (Å²) in [7, 11) is 0. The second-order valence-corrected chi connectivity index (χ2v) is 10.1. The average molecular weight is 485 g/mol. The van der Waals surface area contributed by atoms with E-state index in [0.29, 0.717) is 0 Å². The topological polar surface area (TPSA) is 13.1 Å². The van der Waals surface area contributed by atoms with Gasteiger partial charge in [0.15, 0.2) is 0 Å². The molecule has 1 aliphatic carbocycles. The zero-order chi connectivity index (χ0) is 25.1. The fraction of sp³-hybridized carbons (Fsp3) is 0.0270. The SMILES string of the molecule is c1ccc(-c2cccc(-c3cccc4c3oc3c(-c5ccc6c(c5)-c5ccccc5C6)cccc34)c2)cc1. The molecule has 0 unspecified atom stereocenters. The zero-order valence-corrected chi connectivity index (χ0v) is 20.8. The molecule has 0 bridgehead atoms. The molecule has 0 N–H and O–H groups in total. The number of hydrogen-bond donors (Lipinski definition) is 0. The third kappa shape index (κ3) is 3.26. The van der Waals surface area contributed by atoms with Gasteiger partial charge in [-0.3, -0.25) is 0 Å². The van der Waals surface area contributed by atoms with E-state index >= 15 is 0 Å². The maximum absolute atomic E-state index is 6.76. The molecule has 1 aliphatic rings. The van der Waals surface area contributed by atoms with E-state index in [1.807, 2.05) is 0 Å². The van der Waals surface area contributed by atoms with Crippen LogP contribution in [-0.2, 0) is 6.42 Å². The summed E-state index contributed by atoms with van der Waals surface area (Å²) in [6, 6.07) is 47.9. The summed E-state index contributed by atoms with van der Waals surface area (Å²) < 4.78 is 6.76. The van der Waals surface area contributed by atoms with Crippen molar-refractivity contribution in [2.45, 2.75) is 6.42 Å². The molecule has 0 radical (unpaired) electrons. The summed E-state index contributed by atoms with van der Waals surface area (Å²) in [4.78, 5) is 0. The van der Waals surface area contributed by atoms with Crippen LogP contribution in [0.5, 0.6) is 0 Å². The van der Waals surface area contributed by atoms with E-state index in [9.17, 15) is 0 Å². The molecule has 1 heteroatoms. The van der Waals surface area contributed by atoms with E-state index in [-0.39, 0.29) is 0 Å². The molecule has 1 heterocycles. The Hall–Kier alpha value is -4.88. The largest absolute Gasteiger partial charge is 0.455 e. The highest BCUT2D eigenvalue weighted by molar-refractivity contribution is 6.13. The van der Waals surface area contributed by atoms with Gasteiger partial charge in [0.05, 0.1) is 0 Å². The predicted molar refractivity (Wildman–Crippen MR) is 158 cm³/mol. The number of para-hydroxylation sites is 2. The van der Waals surface area contributed by atoms with Crippen LogP contribution >= 0.6 is 0 Å². The van der Waals surface area contributed by atoms with Crippen LogP contribution in [0.15, 0.2) is 138 Å². The van der Waals surface area contributed by atoms with Gasteiger partial charge in [-0.15, -0.1) is 0 Å². The van der Waals surface area contributed by atoms with Crippen LogP contribution in [0, 0.1) is 0 Å². The second-order valence-electron chi connectivity index (χ2n) is 10.1. The minimum Gasteiger partial charge on any atom is -0.455 e. The highest BCUT2D eigenvalue weighted by Crippen LogP contribution is 2.43. The Morgan fingerprint density at radius 1 is 0.368 bits per heavy atom. The average Bonchev–Trinajstić information content (AvgIpc) is 3.56. The van der Waals surface area contributed by atoms with Crippen LogP contribution in [0.2, 0.25) is 0 Å². The van der Waals surface area contributed by atoms with Gasteiger partial charge in [-0.05, 0) is 63.1 Å². The molecule has 0 atom stereocenters. The highest BCUT2D eigenvalue weighted by atomic mass is 16.3. The lowest BCUT2D eigenvalue weighted by Crippen LogP contribution is -1.83. The molecule has 6 aromatic carbocycles. The molecule has 0 fully saturated rings. The van der Waals surface area contributed by atoms with Crippen LogP contribution in [0.4, 0.5) is 0 Å². The van der Waals surface area contributed by atoms with E-state index in [4.69, 9.17) is 4.42 Å². The number of rotatable bonds is 3. The van der Waals surface area contributed by atoms with Gasteiger partial charge in [-0.2, -0.15) is 0 Å². The van der Waals surface area contributed by atoms with Crippen molar-refractivity contribution in [3.63, 3.8) is 0 Å². The number of fused-ring (bicyclic) bond motifs is 6. The van der Waals surface area contributed by atoms with E-state index in [0.717, 1.165) is 45.0 Å². The second kappa shape index (κ2) is 8.33. The summed E-state index contributed by atoms with van der Waals surface area (Å²) in [5, 5.41) is 2.30. The van der Waals surface area contributed by atoms with E-state index < -0.39 is 0 Å². The summed E-state index contributed by atoms with van der Waals surface area (Å²) in [5.41, 5.74) is 14.4. The molecule has 0 spiro atoms. The Bertz CT molecular complexity index is 1990. The Labute approximate surface area is 221 Å². The third-order valence-electron chi connectivity index (χ3n) is 7.91. The molecule has 1 nitrogen and oxygen atoms in total. The first-order valence-electron chi connectivity index (χ1n) is 13.2. The maximum Gasteiger partial charge on any atom is 0.143 e. The van der Waals surface area contributed by atoms with Crippen LogP contribution in [-0.4, -0.2) is 0 Å². The minimum atomic E-state index is 0.937. The van der Waals surface area contributed by atoms with Gasteiger partial charge in [-0.1, -0.05) is 121 Å². The van der Waals surface area contributed by atoms with Crippen LogP contribution in [0.3, 0.4) is 0 Å². The van der Waals surface area contributed by atoms with Crippen LogP contribution < -0.4 is 0 Å². The molecule has 0 saturated heterocycles. The molecular weight excluding hydrogens is 460 g/mol. The normalized spacial score (nSPS) is 12.1. The summed E-state index contributed by atoms with van der Waals surface area (Å²) in [6.07, 6.45) is 1.01. The summed E-state index contributed by atoms with van der Waals surface area (Å²) in [6.45, 7) is 0. The quantitative estimate of drug-likeness (QED) is 0.243. The summed E-state index contributed by atoms with van der Waals surface area (Å²) in [5.74, 6) is 0. The third-order valence-corrected chi connectivity index (χ3v) is 7.91. The van der Waals surface area contributed by atoms with Gasteiger partial charge in [0.2, 0.25) is 0 Å². The van der Waals surface area contributed by atoms with Crippen molar-refractivity contribution in [1.82, 2.24) is 0 Å². The van der Waals surface area contributed by atoms with Gasteiger partial charge in [0, 0.05) is 21.9 Å². The van der Waals surface area contributed by atoms with Gasteiger partial charge >= 0.3 is 0 Å². The monoisotopic (exact) mass is 484 g/mol. The molecule has 0 saturated carbocycles. The maximum atomic E-state index is 6.76. The van der Waals surface area contributed by atoms with Crippen molar-refractivity contribution in [3.8, 4) is 44.5 Å². The predicted octanol–water partition coefficient (Wildman–Crippen LogP) is 10.2. The van der Waals surface area contributed by atoms with Crippen molar-refractivity contribution >= 4 is 21.9 Å². The van der Waals surface area contributed by atoms with Gasteiger partial charge in [-0.25, -0.2) is 0 Å². The zero-order valence-electron chi connectivity index (χ0n) is 20.8. The fourth-order valence-electron chi connectivity index (χ4n) is 6.06. The molecule has 8 rings (SSSR count). The Balaban J connectivity index is 1.30. The number of hydrogen-bond acceptors (Lipinski definition) is 1. The first-order chi connectivity index (χ1) is 18.8. The van der Waals surface area contributed by atoms with E-state index in [2.05, 4.69) is 133 Å². The first kappa shape index (κ1) is 21.2. The Morgan fingerprint density at radius 2 is 0.947 bits per heavy atom. The Morgan fingerprint density at radius 3 is 1.74 bits per heavy atom. The van der Waals surface area contributed by atoms with Crippen molar-refractivity contribution in [2.75, 3.05) is 0 Å². The van der Waals surface area contributed by atoms with Crippen LogP contribution in [0.25, 0.3) is 66.4 Å². The number of furan rings is 1. The van der Waals surface area contributed by atoms with E-state index in [1.54, 1.807) is 0 Å². The lowest BCUT2D eigenvalue weighted by atomic mass is 9.96. The smallest absolute Gasteiger partial charge is 0.143 e. The lowest BCUT2D eigenvalue weighted by Gasteiger charge is -2.07. The first-order valence-corrected chi connectivity index (χ1v) is 13.2. The molecule has 7 aromatic rings. The summed E-state index contributed by atoms with van der Waals surface area (Å²) >= 11 is 0. The fourth-order valence-corrected chi connectivity index (χ4v) is 6.06. The molecule has 1 aromatic heterocycles. The Kier molecular flexibility index (Phi) is 4.65. The number of benzene rings is 6. The van der Waals surface area contributed by atoms with Gasteiger partial charge in [0.25, 0.3) is 0 Å².